The number of nitrogens with one attached hydrogen (secondary N) is 1. The zero-order chi connectivity index (χ0) is 10.2. The molecule has 14 heavy (non-hydrogen) atoms. The second-order valence-electron chi connectivity index (χ2n) is 4.54. The van der Waals surface area contributed by atoms with E-state index in [9.17, 15) is 0 Å². The van der Waals surface area contributed by atoms with Crippen molar-refractivity contribution in [3.05, 3.63) is 0 Å². The van der Waals surface area contributed by atoms with E-state index in [0.717, 1.165) is 38.0 Å². The van der Waals surface area contributed by atoms with E-state index in [1.165, 1.54) is 25.8 Å². The van der Waals surface area contributed by atoms with Crippen LogP contribution in [-0.2, 0) is 4.74 Å². The third kappa shape index (κ3) is 4.97. The summed E-state index contributed by atoms with van der Waals surface area (Å²) in [5.41, 5.74) is 0. The molecule has 1 saturated carbocycles. The van der Waals surface area contributed by atoms with Gasteiger partial charge >= 0.3 is 0 Å². The zero-order valence-electron chi connectivity index (χ0n) is 9.72. The maximum atomic E-state index is 5.28. The predicted molar refractivity (Wildman–Crippen MR) is 60.5 cm³/mol. The molecule has 0 aliphatic heterocycles. The minimum Gasteiger partial charge on any atom is -0.382 e. The van der Waals surface area contributed by atoms with Crippen LogP contribution in [0.25, 0.3) is 0 Å². The van der Waals surface area contributed by atoms with Crippen molar-refractivity contribution in [2.75, 3.05) is 26.3 Å². The van der Waals surface area contributed by atoms with Gasteiger partial charge in [-0.15, -0.1) is 0 Å². The van der Waals surface area contributed by atoms with Crippen LogP contribution in [0.4, 0.5) is 0 Å². The monoisotopic (exact) mass is 199 g/mol. The molecule has 2 unspecified atom stereocenters. The van der Waals surface area contributed by atoms with Crippen molar-refractivity contribution >= 4 is 0 Å². The lowest BCUT2D eigenvalue weighted by Gasteiger charge is -2.10. The fourth-order valence-corrected chi connectivity index (χ4v) is 2.26. The molecule has 0 aromatic heterocycles. The molecule has 0 bridgehead atoms. The molecule has 1 aliphatic carbocycles. The lowest BCUT2D eigenvalue weighted by atomic mass is 10.1. The highest BCUT2D eigenvalue weighted by molar-refractivity contribution is 4.74. The summed E-state index contributed by atoms with van der Waals surface area (Å²) in [5.74, 6) is 1.90. The molecular formula is C12H25NO. The molecule has 1 rings (SSSR count). The van der Waals surface area contributed by atoms with Crippen LogP contribution >= 0.6 is 0 Å². The van der Waals surface area contributed by atoms with Crippen molar-refractivity contribution < 1.29 is 4.74 Å². The van der Waals surface area contributed by atoms with E-state index < -0.39 is 0 Å². The third-order valence-corrected chi connectivity index (χ3v) is 3.08. The van der Waals surface area contributed by atoms with Gasteiger partial charge in [-0.05, 0) is 51.1 Å². The average Bonchev–Trinajstić information content (AvgIpc) is 2.58. The van der Waals surface area contributed by atoms with E-state index in [2.05, 4.69) is 12.2 Å². The Labute approximate surface area is 88.4 Å². The van der Waals surface area contributed by atoms with Crippen molar-refractivity contribution in [3.63, 3.8) is 0 Å². The molecule has 0 amide bonds. The molecule has 0 heterocycles. The van der Waals surface area contributed by atoms with Crippen LogP contribution in [0.1, 0.15) is 39.5 Å². The van der Waals surface area contributed by atoms with Gasteiger partial charge < -0.3 is 10.1 Å². The largest absolute Gasteiger partial charge is 0.382 e. The standard InChI is InChI=1S/C12H25NO/c1-3-14-8-4-7-13-10-12-6-5-11(2)9-12/h11-13H,3-10H2,1-2H3. The fraction of sp³-hybridized carbons (Fsp3) is 1.00. The summed E-state index contributed by atoms with van der Waals surface area (Å²) in [4.78, 5) is 0. The Hall–Kier alpha value is -0.0800. The first-order valence-corrected chi connectivity index (χ1v) is 6.11. The van der Waals surface area contributed by atoms with Crippen molar-refractivity contribution in [2.24, 2.45) is 11.8 Å². The molecule has 2 nitrogen and oxygen atoms in total. The Kier molecular flexibility index (Phi) is 6.20. The van der Waals surface area contributed by atoms with Crippen LogP contribution in [0.15, 0.2) is 0 Å². The van der Waals surface area contributed by atoms with Gasteiger partial charge in [0.2, 0.25) is 0 Å². The van der Waals surface area contributed by atoms with E-state index in [4.69, 9.17) is 4.74 Å². The smallest absolute Gasteiger partial charge is 0.0477 e. The highest BCUT2D eigenvalue weighted by Crippen LogP contribution is 2.29. The molecule has 0 aromatic rings. The lowest BCUT2D eigenvalue weighted by Crippen LogP contribution is -2.23. The molecule has 2 atom stereocenters. The quantitative estimate of drug-likeness (QED) is 0.636. The summed E-state index contributed by atoms with van der Waals surface area (Å²) in [6.07, 6.45) is 5.44. The highest BCUT2D eigenvalue weighted by Gasteiger charge is 2.20. The molecular weight excluding hydrogens is 174 g/mol. The Morgan fingerprint density at radius 1 is 1.36 bits per heavy atom. The van der Waals surface area contributed by atoms with Crippen molar-refractivity contribution in [3.8, 4) is 0 Å². The number of rotatable bonds is 7. The van der Waals surface area contributed by atoms with Crippen LogP contribution in [0.3, 0.4) is 0 Å². The number of ether oxygens (including phenoxy) is 1. The van der Waals surface area contributed by atoms with Gasteiger partial charge in [-0.1, -0.05) is 13.3 Å². The minimum atomic E-state index is 0.847. The SMILES string of the molecule is CCOCCCNCC1CCC(C)C1. The van der Waals surface area contributed by atoms with Gasteiger partial charge in [0, 0.05) is 13.2 Å². The van der Waals surface area contributed by atoms with E-state index in [-0.39, 0.29) is 0 Å². The molecule has 0 aromatic carbocycles. The highest BCUT2D eigenvalue weighted by atomic mass is 16.5. The molecule has 2 heteroatoms. The maximum absolute atomic E-state index is 5.28. The Morgan fingerprint density at radius 2 is 2.21 bits per heavy atom. The summed E-state index contributed by atoms with van der Waals surface area (Å²) < 4.78 is 5.28. The maximum Gasteiger partial charge on any atom is 0.0477 e. The summed E-state index contributed by atoms with van der Waals surface area (Å²) in [6, 6.07) is 0. The lowest BCUT2D eigenvalue weighted by molar-refractivity contribution is 0.144. The molecule has 84 valence electrons. The first-order valence-electron chi connectivity index (χ1n) is 6.11. The second kappa shape index (κ2) is 7.24. The number of hydrogen-bond acceptors (Lipinski definition) is 2. The Morgan fingerprint density at radius 3 is 2.86 bits per heavy atom. The molecule has 0 spiro atoms. The first kappa shape index (κ1) is 12.0. The minimum absolute atomic E-state index is 0.847. The Bertz CT molecular complexity index is 138. The van der Waals surface area contributed by atoms with Crippen LogP contribution in [0.5, 0.6) is 0 Å². The third-order valence-electron chi connectivity index (χ3n) is 3.08. The summed E-state index contributed by atoms with van der Waals surface area (Å²) in [7, 11) is 0. The van der Waals surface area contributed by atoms with E-state index in [1.807, 2.05) is 6.92 Å². The topological polar surface area (TPSA) is 21.3 Å². The van der Waals surface area contributed by atoms with Crippen LogP contribution in [0.2, 0.25) is 0 Å². The van der Waals surface area contributed by atoms with Gasteiger partial charge in [0.1, 0.15) is 0 Å². The molecule has 1 aliphatic rings. The molecule has 0 saturated heterocycles. The molecule has 0 radical (unpaired) electrons. The van der Waals surface area contributed by atoms with Gasteiger partial charge in [0.15, 0.2) is 0 Å². The predicted octanol–water partition coefficient (Wildman–Crippen LogP) is 2.44. The normalized spacial score (nSPS) is 27.0. The van der Waals surface area contributed by atoms with Gasteiger partial charge in [-0.2, -0.15) is 0 Å². The van der Waals surface area contributed by atoms with E-state index >= 15 is 0 Å². The van der Waals surface area contributed by atoms with Crippen LogP contribution < -0.4 is 5.32 Å². The summed E-state index contributed by atoms with van der Waals surface area (Å²) >= 11 is 0. The summed E-state index contributed by atoms with van der Waals surface area (Å²) in [6.45, 7) is 8.51. The van der Waals surface area contributed by atoms with Gasteiger partial charge in [-0.3, -0.25) is 0 Å². The van der Waals surface area contributed by atoms with Gasteiger partial charge in [0.25, 0.3) is 0 Å². The average molecular weight is 199 g/mol. The van der Waals surface area contributed by atoms with Crippen LogP contribution in [-0.4, -0.2) is 26.3 Å². The Balaban J connectivity index is 1.84. The second-order valence-corrected chi connectivity index (χ2v) is 4.54. The van der Waals surface area contributed by atoms with E-state index in [0.29, 0.717) is 0 Å². The van der Waals surface area contributed by atoms with Crippen LogP contribution in [0, 0.1) is 11.8 Å². The van der Waals surface area contributed by atoms with Gasteiger partial charge in [-0.25, -0.2) is 0 Å². The van der Waals surface area contributed by atoms with Crippen molar-refractivity contribution in [1.82, 2.24) is 5.32 Å². The number of hydrogen-bond donors (Lipinski definition) is 1. The van der Waals surface area contributed by atoms with E-state index in [1.54, 1.807) is 0 Å². The van der Waals surface area contributed by atoms with Gasteiger partial charge in [0.05, 0.1) is 0 Å². The summed E-state index contributed by atoms with van der Waals surface area (Å²) in [5, 5.41) is 3.53. The molecule has 1 N–H and O–H groups in total. The first-order chi connectivity index (χ1) is 6.83. The van der Waals surface area contributed by atoms with Crippen molar-refractivity contribution in [2.45, 2.75) is 39.5 Å². The van der Waals surface area contributed by atoms with Crippen molar-refractivity contribution in [1.29, 1.82) is 0 Å². The molecule has 1 fully saturated rings. The fourth-order valence-electron chi connectivity index (χ4n) is 2.26. The zero-order valence-corrected chi connectivity index (χ0v) is 9.72.